The van der Waals surface area contributed by atoms with Crippen LogP contribution in [0, 0.1) is 0 Å². The van der Waals surface area contributed by atoms with Gasteiger partial charge in [0.05, 0.1) is 57.0 Å². The van der Waals surface area contributed by atoms with Crippen molar-refractivity contribution in [2.45, 2.75) is 25.1 Å². The average molecular weight is 516 g/mol. The van der Waals surface area contributed by atoms with Crippen LogP contribution >= 0.6 is 0 Å². The first kappa shape index (κ1) is 24.1. The van der Waals surface area contributed by atoms with Crippen LogP contribution in [0.2, 0.25) is 0 Å². The Hall–Kier alpha value is -4.24. The molecule has 192 valence electrons. The normalized spacial score (nSPS) is 15.3. The van der Waals surface area contributed by atoms with Crippen molar-refractivity contribution in [3.8, 4) is 17.1 Å². The summed E-state index contributed by atoms with van der Waals surface area (Å²) in [4.78, 5) is 14.2. The number of alkyl halides is 3. The van der Waals surface area contributed by atoms with Crippen molar-refractivity contribution in [1.29, 1.82) is 0 Å². The van der Waals surface area contributed by atoms with Gasteiger partial charge in [0, 0.05) is 25.1 Å². The topological polar surface area (TPSA) is 64.3 Å². The lowest BCUT2D eigenvalue weighted by atomic mass is 10.1. The molecule has 2 aromatic carbocycles. The van der Waals surface area contributed by atoms with Crippen LogP contribution in [0.1, 0.15) is 18.4 Å². The molecule has 38 heavy (non-hydrogen) atoms. The summed E-state index contributed by atoms with van der Waals surface area (Å²) in [6.45, 7) is 1.32. The van der Waals surface area contributed by atoms with Crippen LogP contribution in [0.3, 0.4) is 0 Å². The zero-order chi connectivity index (χ0) is 26.1. The first-order valence-corrected chi connectivity index (χ1v) is 12.4. The van der Waals surface area contributed by atoms with Crippen LogP contribution in [0.4, 0.5) is 24.5 Å². The van der Waals surface area contributed by atoms with Crippen LogP contribution in [0.15, 0.2) is 90.2 Å². The molecule has 2 aliphatic heterocycles. The standard InChI is InChI=1S/C29H24F3N5O/c30-29(31,32)19-7-9-22(10-8-19)37-27-6-2-1-5-23(27)36-26-16-24(35-21-4-3-13-33-18-21)25(17-28(26)37)34-20-11-14-38-15-12-20/h1-10,13,16-18,20,35H,11-12,14-15H2. The average Bonchev–Trinajstić information content (AvgIpc) is 2.93. The molecule has 0 unspecified atom stereocenters. The second-order valence-corrected chi connectivity index (χ2v) is 9.18. The molecule has 6 nitrogen and oxygen atoms in total. The predicted molar refractivity (Wildman–Crippen MR) is 140 cm³/mol. The van der Waals surface area contributed by atoms with Crippen molar-refractivity contribution in [2.24, 2.45) is 4.99 Å². The molecule has 0 bridgehead atoms. The summed E-state index contributed by atoms with van der Waals surface area (Å²) in [5.74, 6) is 0. The number of aromatic nitrogens is 3. The van der Waals surface area contributed by atoms with Crippen LogP contribution in [0.25, 0.3) is 28.1 Å². The lowest BCUT2D eigenvalue weighted by Gasteiger charge is -2.22. The van der Waals surface area contributed by atoms with Crippen LogP contribution in [0.5, 0.6) is 0 Å². The Balaban J connectivity index is 1.59. The van der Waals surface area contributed by atoms with Gasteiger partial charge in [0.1, 0.15) is 0 Å². The minimum Gasteiger partial charge on any atom is -0.381 e. The maximum Gasteiger partial charge on any atom is 0.416 e. The number of halogens is 3. The highest BCUT2D eigenvalue weighted by atomic mass is 19.4. The molecule has 0 radical (unpaired) electrons. The Morgan fingerprint density at radius 1 is 0.947 bits per heavy atom. The van der Waals surface area contributed by atoms with E-state index in [1.807, 2.05) is 53.1 Å². The van der Waals surface area contributed by atoms with Crippen molar-refractivity contribution in [2.75, 3.05) is 18.5 Å². The van der Waals surface area contributed by atoms with Gasteiger partial charge in [-0.25, -0.2) is 4.98 Å². The summed E-state index contributed by atoms with van der Waals surface area (Å²) in [5.41, 5.74) is 4.43. The quantitative estimate of drug-likeness (QED) is 0.283. The maximum atomic E-state index is 13.3. The number of para-hydroxylation sites is 2. The second kappa shape index (κ2) is 9.90. The summed E-state index contributed by atoms with van der Waals surface area (Å²) in [7, 11) is 0. The smallest absolute Gasteiger partial charge is 0.381 e. The first-order valence-electron chi connectivity index (χ1n) is 12.4. The van der Waals surface area contributed by atoms with E-state index in [9.17, 15) is 13.2 Å². The molecule has 0 spiro atoms. The summed E-state index contributed by atoms with van der Waals surface area (Å²) in [6.07, 6.45) is 0.672. The number of pyridine rings is 1. The van der Waals surface area contributed by atoms with E-state index in [0.717, 1.165) is 58.4 Å². The highest BCUT2D eigenvalue weighted by Gasteiger charge is 2.30. The van der Waals surface area contributed by atoms with Crippen molar-refractivity contribution < 1.29 is 17.9 Å². The summed E-state index contributed by atoms with van der Waals surface area (Å²) < 4.78 is 47.3. The highest BCUT2D eigenvalue weighted by molar-refractivity contribution is 5.84. The molecule has 0 saturated carbocycles. The van der Waals surface area contributed by atoms with E-state index >= 15 is 0 Å². The minimum absolute atomic E-state index is 0.101. The molecule has 3 heterocycles. The van der Waals surface area contributed by atoms with E-state index in [0.29, 0.717) is 24.6 Å². The van der Waals surface area contributed by atoms with Crippen molar-refractivity contribution in [3.63, 3.8) is 0 Å². The van der Waals surface area contributed by atoms with Crippen LogP contribution in [-0.2, 0) is 10.9 Å². The molecular formula is C29H24F3N5O. The SMILES string of the molecule is FC(F)(F)c1ccc(-n2c3cc(=NC4CCOCC4)c(Nc4cccnc4)cc-3nc3ccccc32)cc1. The molecular weight excluding hydrogens is 491 g/mol. The number of fused-ring (bicyclic) bond motifs is 2. The van der Waals surface area contributed by atoms with E-state index in [4.69, 9.17) is 14.7 Å². The number of anilines is 2. The van der Waals surface area contributed by atoms with E-state index < -0.39 is 11.7 Å². The van der Waals surface area contributed by atoms with Crippen molar-refractivity contribution >= 4 is 22.4 Å². The summed E-state index contributed by atoms with van der Waals surface area (Å²) in [6, 6.07) is 20.6. The fourth-order valence-electron chi connectivity index (χ4n) is 4.73. The summed E-state index contributed by atoms with van der Waals surface area (Å²) in [5, 5.41) is 4.17. The van der Waals surface area contributed by atoms with E-state index in [-0.39, 0.29) is 6.04 Å². The molecule has 0 atom stereocenters. The van der Waals surface area contributed by atoms with Gasteiger partial charge in [0.2, 0.25) is 0 Å². The number of nitrogens with one attached hydrogen (secondary N) is 1. The summed E-state index contributed by atoms with van der Waals surface area (Å²) >= 11 is 0. The number of rotatable bonds is 4. The number of benzene rings is 3. The lowest BCUT2D eigenvalue weighted by molar-refractivity contribution is -0.137. The number of hydrogen-bond acceptors (Lipinski definition) is 5. The fourth-order valence-corrected chi connectivity index (χ4v) is 4.73. The third-order valence-electron chi connectivity index (χ3n) is 6.60. The Morgan fingerprint density at radius 3 is 2.47 bits per heavy atom. The van der Waals surface area contributed by atoms with Gasteiger partial charge in [-0.15, -0.1) is 0 Å². The van der Waals surface area contributed by atoms with Crippen LogP contribution in [-0.4, -0.2) is 33.8 Å². The largest absolute Gasteiger partial charge is 0.416 e. The van der Waals surface area contributed by atoms with Crippen molar-refractivity contribution in [3.05, 3.63) is 96.1 Å². The Bertz CT molecular complexity index is 1610. The van der Waals surface area contributed by atoms with Gasteiger partial charge in [-0.3, -0.25) is 9.98 Å². The van der Waals surface area contributed by atoms with Crippen LogP contribution < -0.4 is 10.7 Å². The van der Waals surface area contributed by atoms with Gasteiger partial charge in [0.15, 0.2) is 0 Å². The Labute approximate surface area is 216 Å². The molecule has 1 saturated heterocycles. The maximum absolute atomic E-state index is 13.3. The van der Waals surface area contributed by atoms with Gasteiger partial charge in [-0.05, 0) is 73.5 Å². The van der Waals surface area contributed by atoms with Gasteiger partial charge in [0.25, 0.3) is 0 Å². The Morgan fingerprint density at radius 2 is 1.74 bits per heavy atom. The third kappa shape index (κ3) is 4.84. The highest BCUT2D eigenvalue weighted by Crippen LogP contribution is 2.33. The monoisotopic (exact) mass is 515 g/mol. The van der Waals surface area contributed by atoms with E-state index in [2.05, 4.69) is 10.3 Å². The van der Waals surface area contributed by atoms with Gasteiger partial charge >= 0.3 is 6.18 Å². The molecule has 1 aliphatic carbocycles. The number of ether oxygens (including phenoxy) is 1. The van der Waals surface area contributed by atoms with Crippen molar-refractivity contribution in [1.82, 2.24) is 14.5 Å². The molecule has 1 aromatic heterocycles. The first-order chi connectivity index (χ1) is 18.5. The zero-order valence-electron chi connectivity index (χ0n) is 20.3. The molecule has 0 amide bonds. The van der Waals surface area contributed by atoms with E-state index in [1.165, 1.54) is 12.1 Å². The van der Waals surface area contributed by atoms with Gasteiger partial charge in [-0.2, -0.15) is 13.2 Å². The molecule has 6 rings (SSSR count). The predicted octanol–water partition coefficient (Wildman–Crippen LogP) is 6.37. The molecule has 9 heteroatoms. The molecule has 1 N–H and O–H groups in total. The zero-order valence-corrected chi connectivity index (χ0v) is 20.3. The lowest BCUT2D eigenvalue weighted by Crippen LogP contribution is -2.23. The molecule has 3 aromatic rings. The van der Waals surface area contributed by atoms with E-state index in [1.54, 1.807) is 12.4 Å². The number of nitrogens with zero attached hydrogens (tertiary/aromatic N) is 4. The minimum atomic E-state index is -4.41. The third-order valence-corrected chi connectivity index (χ3v) is 6.60. The Kier molecular flexibility index (Phi) is 6.29. The molecule has 3 aliphatic rings. The van der Waals surface area contributed by atoms with Gasteiger partial charge < -0.3 is 14.6 Å². The molecule has 1 fully saturated rings. The second-order valence-electron chi connectivity index (χ2n) is 9.18. The number of hydrogen-bond donors (Lipinski definition) is 1. The van der Waals surface area contributed by atoms with Gasteiger partial charge in [-0.1, -0.05) is 12.1 Å². The fraction of sp³-hybridized carbons (Fsp3) is 0.207.